The summed E-state index contributed by atoms with van der Waals surface area (Å²) >= 11 is 0. The summed E-state index contributed by atoms with van der Waals surface area (Å²) in [7, 11) is -4.40. The van der Waals surface area contributed by atoms with Gasteiger partial charge in [-0.05, 0) is 102 Å². The van der Waals surface area contributed by atoms with Crippen molar-refractivity contribution in [1.29, 1.82) is 0 Å². The van der Waals surface area contributed by atoms with Crippen molar-refractivity contribution in [3.63, 3.8) is 0 Å². The Kier molecular flexibility index (Phi) is 11.7. The smallest absolute Gasteiger partial charge is 0.293 e. The van der Waals surface area contributed by atoms with E-state index in [4.69, 9.17) is 4.74 Å². The minimum absolute atomic E-state index is 0.153. The number of rotatable bonds is 14. The summed E-state index contributed by atoms with van der Waals surface area (Å²) in [5.41, 5.74) is 4.89. The number of ketones is 1. The number of allylic oxidation sites excluding steroid dienone is 2. The molecular weight excluding hydrogens is 779 g/mol. The minimum atomic E-state index is -4.40. The summed E-state index contributed by atoms with van der Waals surface area (Å²) < 4.78 is 33.9. The Balaban J connectivity index is 0.886. The number of carbonyl (C=O) groups excluding carboxylic acids is 2. The molecule has 0 spiro atoms. The molecule has 314 valence electrons. The second-order valence-corrected chi connectivity index (χ2v) is 18.9. The molecule has 2 unspecified atom stereocenters. The van der Waals surface area contributed by atoms with Gasteiger partial charge in [0.1, 0.15) is 11.5 Å². The van der Waals surface area contributed by atoms with Gasteiger partial charge >= 0.3 is 0 Å². The lowest BCUT2D eigenvalue weighted by molar-refractivity contribution is -0.384. The number of nitro benzene ring substituents is 1. The molecule has 13 heteroatoms. The number of sulfonamides is 1. The van der Waals surface area contributed by atoms with Gasteiger partial charge in [-0.3, -0.25) is 24.6 Å². The van der Waals surface area contributed by atoms with Crippen molar-refractivity contribution in [2.45, 2.75) is 57.4 Å². The molecule has 2 N–H and O–H groups in total. The highest BCUT2D eigenvalue weighted by Crippen LogP contribution is 2.68. The first-order valence-electron chi connectivity index (χ1n) is 21.0. The number of hydrogen-bond donors (Lipinski definition) is 2. The molecule has 2 saturated heterocycles. The number of benzene rings is 4. The molecule has 60 heavy (non-hydrogen) atoms. The third-order valence-corrected chi connectivity index (χ3v) is 14.9. The maximum Gasteiger partial charge on any atom is 0.293 e. The van der Waals surface area contributed by atoms with Crippen LogP contribution in [0, 0.1) is 32.8 Å². The fourth-order valence-electron chi connectivity index (χ4n) is 9.96. The lowest BCUT2D eigenvalue weighted by atomic mass is 9.61. The molecule has 4 aliphatic rings. The number of nitrogens with one attached hydrogen (secondary N) is 2. The third-order valence-electron chi connectivity index (χ3n) is 13.6. The largest absolute Gasteiger partial charge is 0.381 e. The molecule has 2 bridgehead atoms. The number of nitro groups is 1. The first kappa shape index (κ1) is 41.4. The number of piperazine rings is 1. The van der Waals surface area contributed by atoms with Crippen molar-refractivity contribution in [3.05, 3.63) is 136 Å². The van der Waals surface area contributed by atoms with Crippen molar-refractivity contribution in [2.75, 3.05) is 56.2 Å². The van der Waals surface area contributed by atoms with Crippen LogP contribution in [0.25, 0.3) is 5.57 Å². The van der Waals surface area contributed by atoms with E-state index in [-0.39, 0.29) is 27.2 Å². The fourth-order valence-corrected chi connectivity index (χ4v) is 11.0. The van der Waals surface area contributed by atoms with E-state index in [1.54, 1.807) is 12.1 Å². The van der Waals surface area contributed by atoms with Crippen molar-refractivity contribution < 1.29 is 27.7 Å². The lowest BCUT2D eigenvalue weighted by Crippen LogP contribution is -2.46. The Labute approximate surface area is 352 Å². The van der Waals surface area contributed by atoms with E-state index in [1.165, 1.54) is 28.8 Å². The molecule has 8 rings (SSSR count). The highest BCUT2D eigenvalue weighted by Gasteiger charge is 2.63. The molecule has 0 radical (unpaired) electrons. The monoisotopic (exact) mass is 831 g/mol. The van der Waals surface area contributed by atoms with Crippen LogP contribution in [0.5, 0.6) is 0 Å². The number of fused-ring (bicyclic) bond motifs is 2. The predicted molar refractivity (Wildman–Crippen MR) is 232 cm³/mol. The van der Waals surface area contributed by atoms with E-state index >= 15 is 0 Å². The number of nitrogens with zero attached hydrogens (tertiary/aromatic N) is 3. The number of anilines is 2. The number of carbonyl (C=O) groups is 2. The highest BCUT2D eigenvalue weighted by molar-refractivity contribution is 7.90. The average molecular weight is 832 g/mol. The van der Waals surface area contributed by atoms with E-state index in [9.17, 15) is 28.1 Å². The Bertz CT molecular complexity index is 2390. The van der Waals surface area contributed by atoms with Gasteiger partial charge in [0.05, 0.1) is 15.2 Å². The van der Waals surface area contributed by atoms with Crippen LogP contribution in [0.1, 0.15) is 66.6 Å². The van der Waals surface area contributed by atoms with Gasteiger partial charge in [0.2, 0.25) is 0 Å². The summed E-state index contributed by atoms with van der Waals surface area (Å²) in [6, 6.07) is 29.1. The van der Waals surface area contributed by atoms with E-state index in [0.717, 1.165) is 75.7 Å². The standard InChI is InChI=1S/C47H53N5O7S/c1-46(2)37-18-21-47(46,44(53)28-33-8-4-3-5-9-33)41(29-37)40-11-7-6-10-36(40)32-50-22-24-51(25-23-50)38-14-12-35(13-15-38)45(54)49-60(57,58)39-16-17-42(43(30-39)52(55)56)48-31-34-19-26-59-27-20-34/h3-17,29-30,34,37,48H,18-28,31-32H2,1-2H3,(H,49,54). The SMILES string of the molecule is CC1(C)C2C=C(c3ccccc3CN3CCN(c4ccc(C(=O)NS(=O)(=O)c5ccc(NCC6CCOCC6)c([N+](=O)[O-])c5)cc4)CC3)C1(C(=O)Cc1ccccc1)CC2. The van der Waals surface area contributed by atoms with Crippen molar-refractivity contribution >= 4 is 44.3 Å². The summed E-state index contributed by atoms with van der Waals surface area (Å²) in [6.07, 6.45) is 6.42. The van der Waals surface area contributed by atoms with E-state index in [1.807, 2.05) is 42.5 Å². The molecule has 2 aliphatic carbocycles. The Morgan fingerprint density at radius 3 is 2.28 bits per heavy atom. The molecule has 2 aliphatic heterocycles. The molecule has 4 aromatic rings. The quantitative estimate of drug-likeness (QED) is 0.0966. The Hall–Kier alpha value is -5.37. The topological polar surface area (TPSA) is 151 Å². The van der Waals surface area contributed by atoms with Crippen molar-refractivity contribution in [1.82, 2.24) is 9.62 Å². The third kappa shape index (κ3) is 8.10. The molecule has 1 amide bonds. The summed E-state index contributed by atoms with van der Waals surface area (Å²) in [6.45, 7) is 10.3. The number of Topliss-reactive ketones (excluding diaryl/α,β-unsaturated/α-hetero) is 1. The number of amides is 1. The summed E-state index contributed by atoms with van der Waals surface area (Å²) in [5, 5.41) is 15.0. The van der Waals surface area contributed by atoms with Crippen molar-refractivity contribution in [3.8, 4) is 0 Å². The average Bonchev–Trinajstić information content (AvgIpc) is 3.65. The lowest BCUT2D eigenvalue weighted by Gasteiger charge is -2.41. The second kappa shape index (κ2) is 16.9. The minimum Gasteiger partial charge on any atom is -0.381 e. The first-order valence-corrected chi connectivity index (χ1v) is 22.5. The molecule has 4 aromatic carbocycles. The Morgan fingerprint density at radius 1 is 0.883 bits per heavy atom. The summed E-state index contributed by atoms with van der Waals surface area (Å²) in [5.74, 6) is 0.144. The molecule has 2 atom stereocenters. The summed E-state index contributed by atoms with van der Waals surface area (Å²) in [4.78, 5) is 43.1. The van der Waals surface area contributed by atoms with E-state index < -0.39 is 26.3 Å². The van der Waals surface area contributed by atoms with Crippen LogP contribution in [-0.2, 0) is 32.5 Å². The van der Waals surface area contributed by atoms with Crippen molar-refractivity contribution in [2.24, 2.45) is 22.7 Å². The van der Waals surface area contributed by atoms with Gasteiger partial charge < -0.3 is 15.0 Å². The van der Waals surface area contributed by atoms with Crippen LogP contribution in [0.2, 0.25) is 0 Å². The van der Waals surface area contributed by atoms with Crippen LogP contribution in [0.3, 0.4) is 0 Å². The zero-order valence-corrected chi connectivity index (χ0v) is 35.1. The van der Waals surface area contributed by atoms with Crippen LogP contribution < -0.4 is 14.9 Å². The number of hydrogen-bond acceptors (Lipinski definition) is 10. The van der Waals surface area contributed by atoms with Gasteiger partial charge in [-0.25, -0.2) is 13.1 Å². The fraction of sp³-hybridized carbons (Fsp3) is 0.404. The van der Waals surface area contributed by atoms with Gasteiger partial charge in [0, 0.05) is 76.2 Å². The zero-order chi connectivity index (χ0) is 42.1. The van der Waals surface area contributed by atoms with E-state index in [0.29, 0.717) is 43.8 Å². The highest BCUT2D eigenvalue weighted by atomic mass is 32.2. The normalized spacial score (nSPS) is 21.7. The molecule has 0 aromatic heterocycles. The second-order valence-electron chi connectivity index (χ2n) is 17.2. The van der Waals surface area contributed by atoms with Gasteiger partial charge in [0.25, 0.3) is 21.6 Å². The van der Waals surface area contributed by atoms with E-state index in [2.05, 4.69) is 64.0 Å². The molecule has 1 saturated carbocycles. The molecular formula is C47H53N5O7S. The molecule has 2 heterocycles. The molecule has 3 fully saturated rings. The van der Waals surface area contributed by atoms with Gasteiger partial charge in [-0.2, -0.15) is 0 Å². The van der Waals surface area contributed by atoms with Gasteiger partial charge in [-0.1, -0.05) is 74.5 Å². The Morgan fingerprint density at radius 2 is 1.58 bits per heavy atom. The van der Waals surface area contributed by atoms with Crippen LogP contribution in [-0.4, -0.2) is 75.9 Å². The van der Waals surface area contributed by atoms with Crippen LogP contribution in [0.15, 0.2) is 108 Å². The maximum atomic E-state index is 14.4. The predicted octanol–water partition coefficient (Wildman–Crippen LogP) is 7.51. The first-order chi connectivity index (χ1) is 28.9. The van der Waals surface area contributed by atoms with Crippen LogP contribution >= 0.6 is 0 Å². The molecule has 12 nitrogen and oxygen atoms in total. The van der Waals surface area contributed by atoms with Crippen LogP contribution in [0.4, 0.5) is 17.1 Å². The van der Waals surface area contributed by atoms with Gasteiger partial charge in [-0.15, -0.1) is 0 Å². The number of ether oxygens (including phenoxy) is 1. The zero-order valence-electron chi connectivity index (χ0n) is 34.3. The maximum absolute atomic E-state index is 14.4. The van der Waals surface area contributed by atoms with Gasteiger partial charge in [0.15, 0.2) is 0 Å².